The number of benzene rings is 3. The van der Waals surface area contributed by atoms with Gasteiger partial charge in [-0.05, 0) is 54.0 Å². The van der Waals surface area contributed by atoms with Crippen LogP contribution < -0.4 is 9.80 Å². The van der Waals surface area contributed by atoms with Crippen LogP contribution in [0.2, 0.25) is 0 Å². The van der Waals surface area contributed by atoms with Gasteiger partial charge in [0.2, 0.25) is 0 Å². The number of aryl methyl sites for hydroxylation is 1. The summed E-state index contributed by atoms with van der Waals surface area (Å²) in [7, 11) is 0. The van der Waals surface area contributed by atoms with Crippen molar-refractivity contribution in [3.63, 3.8) is 0 Å². The summed E-state index contributed by atoms with van der Waals surface area (Å²) in [6.45, 7) is 4.05. The quantitative estimate of drug-likeness (QED) is 0.242. The van der Waals surface area contributed by atoms with Gasteiger partial charge in [-0.25, -0.2) is 4.90 Å². The predicted molar refractivity (Wildman–Crippen MR) is 133 cm³/mol. The molecule has 5 rings (SSSR count). The summed E-state index contributed by atoms with van der Waals surface area (Å²) in [4.78, 5) is 41.5. The Morgan fingerprint density at radius 1 is 0.914 bits per heavy atom. The fraction of sp³-hybridized carbons (Fsp3) is 0.185. The van der Waals surface area contributed by atoms with Gasteiger partial charge in [-0.3, -0.25) is 19.7 Å². The highest BCUT2D eigenvalue weighted by Crippen LogP contribution is 2.35. The topological polar surface area (TPSA) is 93.0 Å². The number of nitro benzene ring substituents is 1. The number of morpholine rings is 1. The van der Waals surface area contributed by atoms with E-state index >= 15 is 0 Å². The molecule has 0 spiro atoms. The average molecular weight is 469 g/mol. The van der Waals surface area contributed by atoms with Crippen LogP contribution in [-0.4, -0.2) is 43.0 Å². The predicted octanol–water partition coefficient (Wildman–Crippen LogP) is 4.47. The molecule has 3 aromatic rings. The van der Waals surface area contributed by atoms with Crippen molar-refractivity contribution in [1.29, 1.82) is 0 Å². The Morgan fingerprint density at radius 3 is 2.37 bits per heavy atom. The molecule has 0 N–H and O–H groups in total. The van der Waals surface area contributed by atoms with Gasteiger partial charge in [0, 0.05) is 30.3 Å². The molecule has 2 aliphatic heterocycles. The molecule has 35 heavy (non-hydrogen) atoms. The van der Waals surface area contributed by atoms with Crippen molar-refractivity contribution >= 4 is 40.5 Å². The summed E-state index contributed by atoms with van der Waals surface area (Å²) in [5.41, 5.74) is 3.60. The number of amides is 2. The Morgan fingerprint density at radius 2 is 1.66 bits per heavy atom. The maximum Gasteiger partial charge on any atom is 0.293 e. The van der Waals surface area contributed by atoms with Crippen LogP contribution in [0.3, 0.4) is 0 Å². The van der Waals surface area contributed by atoms with E-state index in [1.54, 1.807) is 60.7 Å². The molecule has 176 valence electrons. The van der Waals surface area contributed by atoms with Gasteiger partial charge in [-0.2, -0.15) is 0 Å². The van der Waals surface area contributed by atoms with Crippen molar-refractivity contribution in [3.8, 4) is 0 Å². The third-order valence-corrected chi connectivity index (χ3v) is 6.20. The minimum atomic E-state index is -0.473. The number of hydrogen-bond acceptors (Lipinski definition) is 6. The summed E-state index contributed by atoms with van der Waals surface area (Å²) in [5, 5.41) is 11.9. The highest BCUT2D eigenvalue weighted by Gasteiger charge is 2.36. The fourth-order valence-electron chi connectivity index (χ4n) is 4.51. The molecule has 0 aliphatic carbocycles. The second-order valence-corrected chi connectivity index (χ2v) is 8.49. The Labute approximate surface area is 202 Å². The van der Waals surface area contributed by atoms with Crippen LogP contribution in [0.25, 0.3) is 11.6 Å². The minimum Gasteiger partial charge on any atom is -0.378 e. The number of fused-ring (bicyclic) bond motifs is 1. The van der Waals surface area contributed by atoms with Gasteiger partial charge in [0.05, 0.1) is 23.8 Å². The van der Waals surface area contributed by atoms with Crippen molar-refractivity contribution in [1.82, 2.24) is 0 Å². The molecule has 2 amide bonds. The van der Waals surface area contributed by atoms with E-state index in [0.717, 1.165) is 10.5 Å². The fourth-order valence-corrected chi connectivity index (χ4v) is 4.51. The van der Waals surface area contributed by atoms with Gasteiger partial charge in [-0.15, -0.1) is 0 Å². The summed E-state index contributed by atoms with van der Waals surface area (Å²) >= 11 is 0. The van der Waals surface area contributed by atoms with E-state index in [-0.39, 0.29) is 5.69 Å². The number of rotatable bonds is 4. The lowest BCUT2D eigenvalue weighted by molar-refractivity contribution is -0.384. The van der Waals surface area contributed by atoms with Gasteiger partial charge >= 0.3 is 0 Å². The molecule has 1 saturated heterocycles. The number of anilines is 2. The molecule has 2 heterocycles. The first kappa shape index (κ1) is 22.5. The molecule has 0 radical (unpaired) electrons. The molecule has 0 bridgehead atoms. The molecular weight excluding hydrogens is 446 g/mol. The molecule has 0 saturated carbocycles. The zero-order valence-corrected chi connectivity index (χ0v) is 19.1. The Hall–Kier alpha value is -4.30. The summed E-state index contributed by atoms with van der Waals surface area (Å²) < 4.78 is 5.36. The van der Waals surface area contributed by atoms with E-state index in [4.69, 9.17) is 4.74 Å². The van der Waals surface area contributed by atoms with Crippen LogP contribution in [-0.2, 0) is 9.53 Å². The second kappa shape index (κ2) is 9.15. The maximum absolute atomic E-state index is 13.6. The maximum atomic E-state index is 13.6. The Balaban J connectivity index is 1.61. The molecule has 3 aromatic carbocycles. The second-order valence-electron chi connectivity index (χ2n) is 8.49. The van der Waals surface area contributed by atoms with Crippen molar-refractivity contribution in [2.45, 2.75) is 6.92 Å². The van der Waals surface area contributed by atoms with Crippen molar-refractivity contribution in [2.24, 2.45) is 0 Å². The van der Waals surface area contributed by atoms with E-state index in [9.17, 15) is 19.7 Å². The SMILES string of the molecule is Cc1cccc(N2C(=O)/C(=C/c3ccc(N4CCOCC4)c([N+](=O)[O-])c3)c3ccccc3C2=O)c1. The largest absolute Gasteiger partial charge is 0.378 e. The smallest absolute Gasteiger partial charge is 0.293 e. The van der Waals surface area contributed by atoms with Crippen LogP contribution in [0, 0.1) is 17.0 Å². The molecule has 0 aromatic heterocycles. The number of nitro groups is 1. The van der Waals surface area contributed by atoms with Gasteiger partial charge in [-0.1, -0.05) is 36.4 Å². The minimum absolute atomic E-state index is 0.0376. The van der Waals surface area contributed by atoms with Crippen LogP contribution in [0.15, 0.2) is 66.7 Å². The third kappa shape index (κ3) is 4.20. The lowest BCUT2D eigenvalue weighted by atomic mass is 9.91. The lowest BCUT2D eigenvalue weighted by Gasteiger charge is -2.29. The van der Waals surface area contributed by atoms with E-state index in [1.807, 2.05) is 17.9 Å². The first-order chi connectivity index (χ1) is 16.9. The molecule has 8 heteroatoms. The monoisotopic (exact) mass is 469 g/mol. The Bertz CT molecular complexity index is 1370. The summed E-state index contributed by atoms with van der Waals surface area (Å²) in [5.74, 6) is -0.874. The zero-order chi connectivity index (χ0) is 24.5. The van der Waals surface area contributed by atoms with Crippen molar-refractivity contribution in [3.05, 3.63) is 99.1 Å². The molecule has 2 aliphatic rings. The average Bonchev–Trinajstić information content (AvgIpc) is 2.87. The first-order valence-corrected chi connectivity index (χ1v) is 11.3. The van der Waals surface area contributed by atoms with Gasteiger partial charge in [0.25, 0.3) is 17.5 Å². The van der Waals surface area contributed by atoms with E-state index in [0.29, 0.717) is 59.9 Å². The number of imide groups is 1. The van der Waals surface area contributed by atoms with Gasteiger partial charge < -0.3 is 9.64 Å². The number of hydrogen-bond donors (Lipinski definition) is 0. The van der Waals surface area contributed by atoms with Crippen LogP contribution >= 0.6 is 0 Å². The summed E-state index contributed by atoms with van der Waals surface area (Å²) in [6.07, 6.45) is 1.62. The van der Waals surface area contributed by atoms with Gasteiger partial charge in [0.1, 0.15) is 5.69 Å². The standard InChI is InChI=1S/C27H23N3O5/c1-18-5-4-6-20(15-18)29-26(31)22-8-3-2-7-21(22)23(27(29)32)16-19-9-10-24(25(17-19)30(33)34)28-11-13-35-14-12-28/h2-10,15-17H,11-14H2,1H3/b23-16+. The molecule has 8 nitrogen and oxygen atoms in total. The number of carbonyl (C=O) groups excluding carboxylic acids is 2. The lowest BCUT2D eigenvalue weighted by Crippen LogP contribution is -2.41. The number of nitrogens with zero attached hydrogens (tertiary/aromatic N) is 3. The van der Waals surface area contributed by atoms with Gasteiger partial charge in [0.15, 0.2) is 0 Å². The Kier molecular flexibility index (Phi) is 5.88. The number of carbonyl (C=O) groups is 2. The molecular formula is C27H23N3O5. The third-order valence-electron chi connectivity index (χ3n) is 6.20. The van der Waals surface area contributed by atoms with Crippen molar-refractivity contribution < 1.29 is 19.2 Å². The van der Waals surface area contributed by atoms with Crippen LogP contribution in [0.5, 0.6) is 0 Å². The highest BCUT2D eigenvalue weighted by molar-refractivity contribution is 6.43. The molecule has 0 unspecified atom stereocenters. The molecule has 1 fully saturated rings. The summed E-state index contributed by atoms with van der Waals surface area (Å²) in [6, 6.07) is 19.0. The van der Waals surface area contributed by atoms with E-state index in [1.165, 1.54) is 6.07 Å². The zero-order valence-electron chi connectivity index (χ0n) is 19.1. The van der Waals surface area contributed by atoms with Crippen LogP contribution in [0.1, 0.15) is 27.0 Å². The van der Waals surface area contributed by atoms with Crippen molar-refractivity contribution in [2.75, 3.05) is 36.1 Å². The molecule has 0 atom stereocenters. The normalized spacial score (nSPS) is 17.0. The van der Waals surface area contributed by atoms with E-state index in [2.05, 4.69) is 0 Å². The first-order valence-electron chi connectivity index (χ1n) is 11.3. The van der Waals surface area contributed by atoms with Crippen LogP contribution in [0.4, 0.5) is 17.1 Å². The van der Waals surface area contributed by atoms with E-state index < -0.39 is 16.7 Å². The number of ether oxygens (including phenoxy) is 1. The highest BCUT2D eigenvalue weighted by atomic mass is 16.6.